The van der Waals surface area contributed by atoms with Crippen LogP contribution in [0.15, 0.2) is 24.3 Å². The molecule has 1 heterocycles. The van der Waals surface area contributed by atoms with Crippen molar-refractivity contribution in [1.29, 1.82) is 0 Å². The summed E-state index contributed by atoms with van der Waals surface area (Å²) in [5.74, 6) is 0.255. The molecule has 0 aliphatic carbocycles. The lowest BCUT2D eigenvalue weighted by Crippen LogP contribution is -2.10. The predicted molar refractivity (Wildman–Crippen MR) is 75.0 cm³/mol. The smallest absolute Gasteiger partial charge is 0.171 e. The van der Waals surface area contributed by atoms with Crippen molar-refractivity contribution in [2.45, 2.75) is 26.8 Å². The standard InChI is InChI=1S/C14H15ClFN3/c1-8-9(2)18-14(13(15)17-8)19-10(3)11-5-4-6-12(16)7-11/h4-7,10H,1-3H3,(H,18,19). The van der Waals surface area contributed by atoms with Crippen LogP contribution in [0.4, 0.5) is 10.2 Å². The molecule has 2 rings (SSSR count). The molecular weight excluding hydrogens is 265 g/mol. The molecule has 0 bridgehead atoms. The Kier molecular flexibility index (Phi) is 4.00. The third kappa shape index (κ3) is 3.20. The number of hydrogen-bond acceptors (Lipinski definition) is 3. The number of aryl methyl sites for hydroxylation is 2. The molecule has 1 aromatic heterocycles. The van der Waals surface area contributed by atoms with Gasteiger partial charge in [-0.1, -0.05) is 23.7 Å². The van der Waals surface area contributed by atoms with Gasteiger partial charge < -0.3 is 5.32 Å². The quantitative estimate of drug-likeness (QED) is 0.921. The van der Waals surface area contributed by atoms with Gasteiger partial charge in [0, 0.05) is 0 Å². The maximum atomic E-state index is 13.2. The van der Waals surface area contributed by atoms with E-state index in [2.05, 4.69) is 15.3 Å². The van der Waals surface area contributed by atoms with Crippen molar-refractivity contribution >= 4 is 17.4 Å². The van der Waals surface area contributed by atoms with Crippen LogP contribution < -0.4 is 5.32 Å². The molecule has 0 saturated heterocycles. The molecule has 1 atom stereocenters. The molecule has 1 unspecified atom stereocenters. The highest BCUT2D eigenvalue weighted by Crippen LogP contribution is 2.24. The van der Waals surface area contributed by atoms with Crippen molar-refractivity contribution in [2.24, 2.45) is 0 Å². The summed E-state index contributed by atoms with van der Waals surface area (Å²) in [5.41, 5.74) is 2.45. The van der Waals surface area contributed by atoms with Crippen molar-refractivity contribution in [3.8, 4) is 0 Å². The zero-order chi connectivity index (χ0) is 14.0. The fourth-order valence-electron chi connectivity index (χ4n) is 1.73. The molecule has 0 fully saturated rings. The van der Waals surface area contributed by atoms with Crippen LogP contribution in [-0.4, -0.2) is 9.97 Å². The van der Waals surface area contributed by atoms with Crippen molar-refractivity contribution in [3.63, 3.8) is 0 Å². The Morgan fingerprint density at radius 3 is 2.58 bits per heavy atom. The van der Waals surface area contributed by atoms with E-state index >= 15 is 0 Å². The second-order valence-electron chi connectivity index (χ2n) is 4.45. The first-order valence-electron chi connectivity index (χ1n) is 6.00. The Bertz CT molecular complexity index is 601. The summed E-state index contributed by atoms with van der Waals surface area (Å²) >= 11 is 6.05. The largest absolute Gasteiger partial charge is 0.361 e. The van der Waals surface area contributed by atoms with Crippen LogP contribution in [0.2, 0.25) is 5.15 Å². The Labute approximate surface area is 116 Å². The molecule has 0 aliphatic heterocycles. The number of nitrogens with one attached hydrogen (secondary N) is 1. The van der Waals surface area contributed by atoms with Gasteiger partial charge in [-0.2, -0.15) is 0 Å². The minimum absolute atomic E-state index is 0.107. The van der Waals surface area contributed by atoms with Gasteiger partial charge in [-0.15, -0.1) is 0 Å². The molecule has 0 aliphatic rings. The minimum Gasteiger partial charge on any atom is -0.361 e. The summed E-state index contributed by atoms with van der Waals surface area (Å²) in [6, 6.07) is 6.32. The summed E-state index contributed by atoms with van der Waals surface area (Å²) < 4.78 is 13.2. The Morgan fingerprint density at radius 1 is 1.21 bits per heavy atom. The fraction of sp³-hybridized carbons (Fsp3) is 0.286. The molecule has 3 nitrogen and oxygen atoms in total. The van der Waals surface area contributed by atoms with Gasteiger partial charge in [-0.25, -0.2) is 14.4 Å². The van der Waals surface area contributed by atoms with Gasteiger partial charge in [-0.3, -0.25) is 0 Å². The molecule has 0 saturated carbocycles. The third-order valence-electron chi connectivity index (χ3n) is 2.97. The highest BCUT2D eigenvalue weighted by Gasteiger charge is 2.11. The molecular formula is C14H15ClFN3. The van der Waals surface area contributed by atoms with E-state index in [1.165, 1.54) is 12.1 Å². The molecule has 5 heteroatoms. The highest BCUT2D eigenvalue weighted by atomic mass is 35.5. The average molecular weight is 280 g/mol. The van der Waals surface area contributed by atoms with Crippen LogP contribution in [0.25, 0.3) is 0 Å². The van der Waals surface area contributed by atoms with E-state index in [-0.39, 0.29) is 11.9 Å². The van der Waals surface area contributed by atoms with Crippen LogP contribution in [0.1, 0.15) is 29.9 Å². The molecule has 19 heavy (non-hydrogen) atoms. The summed E-state index contributed by atoms with van der Waals surface area (Å²) in [4.78, 5) is 8.56. The topological polar surface area (TPSA) is 37.8 Å². The number of rotatable bonds is 3. The fourth-order valence-corrected chi connectivity index (χ4v) is 1.96. The molecule has 0 radical (unpaired) electrons. The second-order valence-corrected chi connectivity index (χ2v) is 4.81. The Morgan fingerprint density at radius 2 is 1.89 bits per heavy atom. The lowest BCUT2D eigenvalue weighted by molar-refractivity contribution is 0.623. The number of halogens is 2. The summed E-state index contributed by atoms with van der Waals surface area (Å²) in [6.07, 6.45) is 0. The SMILES string of the molecule is Cc1nc(Cl)c(NC(C)c2cccc(F)c2)nc1C. The molecule has 0 amide bonds. The van der Waals surface area contributed by atoms with Gasteiger partial charge in [0.05, 0.1) is 17.4 Å². The lowest BCUT2D eigenvalue weighted by Gasteiger charge is -2.16. The van der Waals surface area contributed by atoms with E-state index in [0.717, 1.165) is 17.0 Å². The van der Waals surface area contributed by atoms with Gasteiger partial charge in [0.2, 0.25) is 0 Å². The maximum Gasteiger partial charge on any atom is 0.171 e. The number of benzene rings is 1. The number of anilines is 1. The summed E-state index contributed by atoms with van der Waals surface area (Å²) in [5, 5.41) is 3.47. The van der Waals surface area contributed by atoms with Crippen LogP contribution in [0, 0.1) is 19.7 Å². The number of nitrogens with zero attached hydrogens (tertiary/aromatic N) is 2. The average Bonchev–Trinajstić information content (AvgIpc) is 2.36. The van der Waals surface area contributed by atoms with Gasteiger partial charge >= 0.3 is 0 Å². The number of hydrogen-bond donors (Lipinski definition) is 1. The van der Waals surface area contributed by atoms with Crippen molar-refractivity contribution in [2.75, 3.05) is 5.32 Å². The van der Waals surface area contributed by atoms with E-state index < -0.39 is 0 Å². The summed E-state index contributed by atoms with van der Waals surface area (Å²) in [7, 11) is 0. The van der Waals surface area contributed by atoms with Gasteiger partial charge in [-0.05, 0) is 38.5 Å². The maximum absolute atomic E-state index is 13.2. The van der Waals surface area contributed by atoms with Gasteiger partial charge in [0.1, 0.15) is 5.82 Å². The molecule has 1 N–H and O–H groups in total. The van der Waals surface area contributed by atoms with E-state index in [4.69, 9.17) is 11.6 Å². The number of aromatic nitrogens is 2. The van der Waals surface area contributed by atoms with E-state index in [9.17, 15) is 4.39 Å². The van der Waals surface area contributed by atoms with Crippen LogP contribution in [0.3, 0.4) is 0 Å². The van der Waals surface area contributed by atoms with Crippen LogP contribution in [-0.2, 0) is 0 Å². The predicted octanol–water partition coefficient (Wildman–Crippen LogP) is 4.06. The molecule has 1 aromatic carbocycles. The first-order valence-corrected chi connectivity index (χ1v) is 6.38. The van der Waals surface area contributed by atoms with E-state index in [1.54, 1.807) is 6.07 Å². The van der Waals surface area contributed by atoms with Gasteiger partial charge in [0.25, 0.3) is 0 Å². The second kappa shape index (κ2) is 5.53. The Hall–Kier alpha value is -1.68. The van der Waals surface area contributed by atoms with E-state index in [0.29, 0.717) is 11.0 Å². The summed E-state index contributed by atoms with van der Waals surface area (Å²) in [6.45, 7) is 5.65. The van der Waals surface area contributed by atoms with Gasteiger partial charge in [0.15, 0.2) is 11.0 Å². The third-order valence-corrected chi connectivity index (χ3v) is 3.23. The zero-order valence-corrected chi connectivity index (χ0v) is 11.8. The molecule has 0 spiro atoms. The normalized spacial score (nSPS) is 12.3. The van der Waals surface area contributed by atoms with Crippen LogP contribution in [0.5, 0.6) is 0 Å². The van der Waals surface area contributed by atoms with Crippen molar-refractivity contribution in [1.82, 2.24) is 9.97 Å². The van der Waals surface area contributed by atoms with Crippen molar-refractivity contribution < 1.29 is 4.39 Å². The molecule has 2 aromatic rings. The van der Waals surface area contributed by atoms with E-state index in [1.807, 2.05) is 26.8 Å². The first-order chi connectivity index (χ1) is 8.97. The molecule has 100 valence electrons. The highest BCUT2D eigenvalue weighted by molar-refractivity contribution is 6.31. The van der Waals surface area contributed by atoms with Crippen molar-refractivity contribution in [3.05, 3.63) is 52.2 Å². The minimum atomic E-state index is -0.261. The monoisotopic (exact) mass is 279 g/mol. The first kappa shape index (κ1) is 13.7. The lowest BCUT2D eigenvalue weighted by atomic mass is 10.1. The Balaban J connectivity index is 2.24. The van der Waals surface area contributed by atoms with Crippen LogP contribution >= 0.6 is 11.6 Å². The zero-order valence-electron chi connectivity index (χ0n) is 11.0.